The first-order valence-corrected chi connectivity index (χ1v) is 6.97. The van der Waals surface area contributed by atoms with E-state index in [0.717, 1.165) is 21.8 Å². The van der Waals surface area contributed by atoms with Crippen molar-refractivity contribution < 1.29 is 13.5 Å². The summed E-state index contributed by atoms with van der Waals surface area (Å²) in [5, 5.41) is 3.52. The first-order valence-electron chi connectivity index (χ1n) is 6.15. The van der Waals surface area contributed by atoms with Crippen molar-refractivity contribution in [1.29, 1.82) is 0 Å². The molecule has 4 nitrogen and oxygen atoms in total. The second-order valence-corrected chi connectivity index (χ2v) is 5.59. The number of fused-ring (bicyclic) bond motifs is 1. The van der Waals surface area contributed by atoms with Crippen molar-refractivity contribution in [2.24, 2.45) is 0 Å². The lowest BCUT2D eigenvalue weighted by atomic mass is 10.3. The smallest absolute Gasteiger partial charge is 0.233 e. The Bertz CT molecular complexity index is 819. The van der Waals surface area contributed by atoms with Gasteiger partial charge in [0.25, 0.3) is 0 Å². The lowest BCUT2D eigenvalue weighted by Crippen LogP contribution is -1.99. The minimum atomic E-state index is -0.778. The predicted octanol–water partition coefficient (Wildman–Crippen LogP) is 4.11. The number of aromatic nitrogens is 2. The molecular formula is C14H11F2N3OS. The van der Waals surface area contributed by atoms with Crippen LogP contribution in [-0.4, -0.2) is 17.0 Å². The van der Waals surface area contributed by atoms with Gasteiger partial charge in [0, 0.05) is 18.0 Å². The Morgan fingerprint density at radius 1 is 1.19 bits per heavy atom. The molecule has 0 atom stereocenters. The van der Waals surface area contributed by atoms with Crippen LogP contribution in [0.3, 0.4) is 0 Å². The highest BCUT2D eigenvalue weighted by atomic mass is 32.1. The summed E-state index contributed by atoms with van der Waals surface area (Å²) >= 11 is 1.49. The van der Waals surface area contributed by atoms with E-state index in [-0.39, 0.29) is 11.6 Å². The molecule has 0 spiro atoms. The van der Waals surface area contributed by atoms with Gasteiger partial charge in [0.1, 0.15) is 10.6 Å². The molecule has 1 aromatic carbocycles. The van der Waals surface area contributed by atoms with Gasteiger partial charge in [0.2, 0.25) is 11.8 Å². The maximum absolute atomic E-state index is 13.7. The summed E-state index contributed by atoms with van der Waals surface area (Å²) < 4.78 is 32.1. The summed E-state index contributed by atoms with van der Waals surface area (Å²) in [5.41, 5.74) is 0. The molecule has 2 aromatic heterocycles. The molecule has 0 aliphatic carbocycles. The van der Waals surface area contributed by atoms with Crippen LogP contribution in [0, 0.1) is 18.6 Å². The maximum atomic E-state index is 13.7. The Hall–Kier alpha value is -2.28. The number of ether oxygens (including phenoxy) is 1. The minimum Gasteiger partial charge on any atom is -0.435 e. The van der Waals surface area contributed by atoms with Crippen molar-refractivity contribution >= 4 is 27.5 Å². The summed E-state index contributed by atoms with van der Waals surface area (Å²) in [7, 11) is 1.68. The van der Waals surface area contributed by atoms with Crippen molar-refractivity contribution in [2.75, 3.05) is 12.4 Å². The molecule has 108 valence electrons. The summed E-state index contributed by atoms with van der Waals surface area (Å²) in [6.45, 7) is 1.94. The third kappa shape index (κ3) is 2.64. The molecule has 3 aromatic rings. The fourth-order valence-electron chi connectivity index (χ4n) is 1.87. The van der Waals surface area contributed by atoms with Crippen LogP contribution in [0.15, 0.2) is 24.3 Å². The topological polar surface area (TPSA) is 47.0 Å². The SMILES string of the molecule is CNc1nc(Oc2ccc(F)cc2F)c2cc(C)sc2n1. The van der Waals surface area contributed by atoms with E-state index in [4.69, 9.17) is 4.74 Å². The van der Waals surface area contributed by atoms with E-state index in [0.29, 0.717) is 11.3 Å². The van der Waals surface area contributed by atoms with E-state index in [1.54, 1.807) is 7.05 Å². The molecule has 0 radical (unpaired) electrons. The van der Waals surface area contributed by atoms with Crippen molar-refractivity contribution in [1.82, 2.24) is 9.97 Å². The Morgan fingerprint density at radius 3 is 2.71 bits per heavy atom. The average Bonchev–Trinajstić information content (AvgIpc) is 2.82. The van der Waals surface area contributed by atoms with E-state index < -0.39 is 11.6 Å². The van der Waals surface area contributed by atoms with Gasteiger partial charge in [0.05, 0.1) is 5.39 Å². The number of nitrogens with one attached hydrogen (secondary N) is 1. The highest BCUT2D eigenvalue weighted by Crippen LogP contribution is 2.34. The van der Waals surface area contributed by atoms with Crippen LogP contribution in [0.5, 0.6) is 11.6 Å². The summed E-state index contributed by atoms with van der Waals surface area (Å²) in [4.78, 5) is 10.3. The lowest BCUT2D eigenvalue weighted by Gasteiger charge is -2.08. The summed E-state index contributed by atoms with van der Waals surface area (Å²) in [6.07, 6.45) is 0. The molecule has 2 heterocycles. The van der Waals surface area contributed by atoms with Gasteiger partial charge in [-0.2, -0.15) is 4.98 Å². The number of aryl methyl sites for hydroxylation is 1. The van der Waals surface area contributed by atoms with Gasteiger partial charge in [0.15, 0.2) is 11.6 Å². The van der Waals surface area contributed by atoms with Crippen molar-refractivity contribution in [3.8, 4) is 11.6 Å². The van der Waals surface area contributed by atoms with E-state index in [9.17, 15) is 8.78 Å². The van der Waals surface area contributed by atoms with E-state index in [1.165, 1.54) is 17.4 Å². The van der Waals surface area contributed by atoms with Crippen LogP contribution < -0.4 is 10.1 Å². The largest absolute Gasteiger partial charge is 0.435 e. The van der Waals surface area contributed by atoms with Crippen molar-refractivity contribution in [2.45, 2.75) is 6.92 Å². The lowest BCUT2D eigenvalue weighted by molar-refractivity contribution is 0.428. The summed E-state index contributed by atoms with van der Waals surface area (Å²) in [6, 6.07) is 5.01. The second-order valence-electron chi connectivity index (χ2n) is 4.36. The normalized spacial score (nSPS) is 10.9. The zero-order valence-electron chi connectivity index (χ0n) is 11.3. The van der Waals surface area contributed by atoms with E-state index in [2.05, 4.69) is 15.3 Å². The van der Waals surface area contributed by atoms with Gasteiger partial charge in [-0.3, -0.25) is 0 Å². The number of rotatable bonds is 3. The zero-order chi connectivity index (χ0) is 15.0. The molecule has 0 saturated carbocycles. The molecule has 7 heteroatoms. The number of thiophene rings is 1. The van der Waals surface area contributed by atoms with Gasteiger partial charge in [-0.1, -0.05) is 0 Å². The zero-order valence-corrected chi connectivity index (χ0v) is 12.1. The van der Waals surface area contributed by atoms with E-state index in [1.807, 2.05) is 13.0 Å². The second kappa shape index (κ2) is 5.25. The highest BCUT2D eigenvalue weighted by Gasteiger charge is 2.14. The van der Waals surface area contributed by atoms with Crippen LogP contribution in [0.25, 0.3) is 10.2 Å². The van der Waals surface area contributed by atoms with Gasteiger partial charge in [-0.05, 0) is 25.1 Å². The number of anilines is 1. The number of hydrogen-bond acceptors (Lipinski definition) is 5. The standard InChI is InChI=1S/C14H11F2N3OS/c1-7-5-9-12(18-14(17-2)19-13(9)21-7)20-11-4-3-8(15)6-10(11)16/h3-6H,1-2H3,(H,17,18,19). The summed E-state index contributed by atoms with van der Waals surface area (Å²) in [5.74, 6) is -0.905. The number of halogens is 2. The average molecular weight is 307 g/mol. The number of benzene rings is 1. The van der Waals surface area contributed by atoms with Crippen LogP contribution in [0.2, 0.25) is 0 Å². The molecule has 0 aliphatic rings. The third-order valence-electron chi connectivity index (χ3n) is 2.81. The molecule has 0 amide bonds. The quantitative estimate of drug-likeness (QED) is 0.791. The number of hydrogen-bond donors (Lipinski definition) is 1. The Morgan fingerprint density at radius 2 is 2.00 bits per heavy atom. The van der Waals surface area contributed by atoms with Crippen molar-refractivity contribution in [3.63, 3.8) is 0 Å². The Balaban J connectivity index is 2.10. The van der Waals surface area contributed by atoms with Gasteiger partial charge >= 0.3 is 0 Å². The molecule has 21 heavy (non-hydrogen) atoms. The minimum absolute atomic E-state index is 0.0812. The molecule has 1 N–H and O–H groups in total. The molecule has 0 aliphatic heterocycles. The Kier molecular flexibility index (Phi) is 3.42. The first-order chi connectivity index (χ1) is 10.1. The predicted molar refractivity (Wildman–Crippen MR) is 78.1 cm³/mol. The molecule has 0 fully saturated rings. The van der Waals surface area contributed by atoms with Gasteiger partial charge in [-0.25, -0.2) is 13.8 Å². The van der Waals surface area contributed by atoms with Gasteiger partial charge < -0.3 is 10.1 Å². The third-order valence-corrected chi connectivity index (χ3v) is 3.75. The van der Waals surface area contributed by atoms with Crippen LogP contribution in [-0.2, 0) is 0 Å². The van der Waals surface area contributed by atoms with Crippen molar-refractivity contribution in [3.05, 3.63) is 40.8 Å². The monoisotopic (exact) mass is 307 g/mol. The maximum Gasteiger partial charge on any atom is 0.233 e. The highest BCUT2D eigenvalue weighted by molar-refractivity contribution is 7.18. The van der Waals surface area contributed by atoms with Crippen LogP contribution in [0.1, 0.15) is 4.88 Å². The fraction of sp³-hybridized carbons (Fsp3) is 0.143. The first kappa shape index (κ1) is 13.7. The van der Waals surface area contributed by atoms with Crippen LogP contribution >= 0.6 is 11.3 Å². The molecule has 0 saturated heterocycles. The molecule has 3 rings (SSSR count). The molecule has 0 unspecified atom stereocenters. The fourth-order valence-corrected chi connectivity index (χ4v) is 2.74. The molecule has 0 bridgehead atoms. The van der Waals surface area contributed by atoms with Crippen LogP contribution in [0.4, 0.5) is 14.7 Å². The Labute approximate surface area is 123 Å². The van der Waals surface area contributed by atoms with E-state index >= 15 is 0 Å². The van der Waals surface area contributed by atoms with Gasteiger partial charge in [-0.15, -0.1) is 11.3 Å². The molecular weight excluding hydrogens is 296 g/mol. The number of nitrogens with zero attached hydrogens (tertiary/aromatic N) is 2.